The van der Waals surface area contributed by atoms with Gasteiger partial charge >= 0.3 is 0 Å². The number of thioether (sulfide) groups is 1. The zero-order valence-electron chi connectivity index (χ0n) is 17.5. The first-order valence-corrected chi connectivity index (χ1v) is 11.0. The van der Waals surface area contributed by atoms with Crippen LogP contribution in [0.15, 0.2) is 59.8 Å². The summed E-state index contributed by atoms with van der Waals surface area (Å²) in [6.45, 7) is 5.22. The summed E-state index contributed by atoms with van der Waals surface area (Å²) in [5.74, 6) is 0.624. The van der Waals surface area contributed by atoms with E-state index in [-0.39, 0.29) is 17.6 Å². The molecule has 2 amide bonds. The Hall–Kier alpha value is -3.39. The number of H-pyrrole nitrogens is 1. The Kier molecular flexibility index (Phi) is 8.00. The molecule has 0 saturated heterocycles. The van der Waals surface area contributed by atoms with E-state index in [0.29, 0.717) is 35.3 Å². The second-order valence-electron chi connectivity index (χ2n) is 6.64. The van der Waals surface area contributed by atoms with Gasteiger partial charge in [0, 0.05) is 24.3 Å². The standard InChI is InChI=1S/C23H25N5O2S/c1-3-28(4-2)22(30)18-11-13-19(14-12-18)24-21(29)16-31-23-25-20(26-27-23)15-10-17-8-6-5-7-9-17/h5-15H,3-4,16H2,1-2H3,(H,24,29)(H,25,26,27)/b15-10+. The van der Waals surface area contributed by atoms with Gasteiger partial charge in [0.1, 0.15) is 5.82 Å². The number of carbonyl (C=O) groups is 2. The molecule has 7 nitrogen and oxygen atoms in total. The van der Waals surface area contributed by atoms with Crippen LogP contribution in [-0.4, -0.2) is 50.7 Å². The summed E-state index contributed by atoms with van der Waals surface area (Å²) in [5.41, 5.74) is 2.31. The van der Waals surface area contributed by atoms with Crippen LogP contribution >= 0.6 is 11.8 Å². The molecule has 1 aromatic heterocycles. The van der Waals surface area contributed by atoms with Gasteiger partial charge in [0.25, 0.3) is 5.91 Å². The molecule has 0 bridgehead atoms. The third-order valence-electron chi connectivity index (χ3n) is 4.51. The van der Waals surface area contributed by atoms with Crippen LogP contribution in [0.5, 0.6) is 0 Å². The third-order valence-corrected chi connectivity index (χ3v) is 5.36. The zero-order chi connectivity index (χ0) is 22.1. The van der Waals surface area contributed by atoms with Gasteiger partial charge in [-0.1, -0.05) is 48.2 Å². The molecule has 31 heavy (non-hydrogen) atoms. The molecule has 0 atom stereocenters. The van der Waals surface area contributed by atoms with Gasteiger partial charge in [-0.05, 0) is 49.8 Å². The van der Waals surface area contributed by atoms with Gasteiger partial charge in [-0.15, -0.1) is 5.10 Å². The van der Waals surface area contributed by atoms with E-state index in [1.54, 1.807) is 29.2 Å². The Morgan fingerprint density at radius 2 is 1.74 bits per heavy atom. The smallest absolute Gasteiger partial charge is 0.253 e. The molecule has 0 aliphatic carbocycles. The van der Waals surface area contributed by atoms with Crippen molar-refractivity contribution in [2.24, 2.45) is 0 Å². The highest BCUT2D eigenvalue weighted by Gasteiger charge is 2.12. The summed E-state index contributed by atoms with van der Waals surface area (Å²) in [6, 6.07) is 16.8. The van der Waals surface area contributed by atoms with E-state index in [4.69, 9.17) is 0 Å². The monoisotopic (exact) mass is 435 g/mol. The number of rotatable bonds is 9. The van der Waals surface area contributed by atoms with Crippen LogP contribution in [0.25, 0.3) is 12.2 Å². The van der Waals surface area contributed by atoms with E-state index in [2.05, 4.69) is 20.5 Å². The molecule has 0 spiro atoms. The molecule has 2 aromatic carbocycles. The maximum Gasteiger partial charge on any atom is 0.253 e. The Morgan fingerprint density at radius 3 is 2.42 bits per heavy atom. The Labute approximate surface area is 186 Å². The highest BCUT2D eigenvalue weighted by Crippen LogP contribution is 2.16. The highest BCUT2D eigenvalue weighted by molar-refractivity contribution is 7.99. The lowest BCUT2D eigenvalue weighted by Gasteiger charge is -2.18. The number of hydrogen-bond acceptors (Lipinski definition) is 5. The van der Waals surface area contributed by atoms with Crippen molar-refractivity contribution in [2.75, 3.05) is 24.2 Å². The van der Waals surface area contributed by atoms with Gasteiger partial charge in [-0.3, -0.25) is 14.7 Å². The molecule has 0 saturated carbocycles. The molecular formula is C23H25N5O2S. The Bertz CT molecular complexity index is 1030. The molecule has 0 aliphatic heterocycles. The van der Waals surface area contributed by atoms with Crippen molar-refractivity contribution in [1.82, 2.24) is 20.1 Å². The van der Waals surface area contributed by atoms with Crippen molar-refractivity contribution in [3.8, 4) is 0 Å². The largest absolute Gasteiger partial charge is 0.339 e. The first kappa shape index (κ1) is 22.3. The van der Waals surface area contributed by atoms with E-state index in [1.807, 2.05) is 56.3 Å². The van der Waals surface area contributed by atoms with Gasteiger partial charge in [-0.2, -0.15) is 0 Å². The zero-order valence-corrected chi connectivity index (χ0v) is 18.4. The molecular weight excluding hydrogens is 410 g/mol. The number of benzene rings is 2. The molecule has 2 N–H and O–H groups in total. The molecule has 8 heteroatoms. The van der Waals surface area contributed by atoms with Crippen molar-refractivity contribution in [3.05, 3.63) is 71.5 Å². The van der Waals surface area contributed by atoms with Crippen LogP contribution in [0, 0.1) is 0 Å². The highest BCUT2D eigenvalue weighted by atomic mass is 32.2. The van der Waals surface area contributed by atoms with Crippen LogP contribution in [0.4, 0.5) is 5.69 Å². The van der Waals surface area contributed by atoms with E-state index in [1.165, 1.54) is 11.8 Å². The molecule has 3 rings (SSSR count). The lowest BCUT2D eigenvalue weighted by atomic mass is 10.2. The first-order chi connectivity index (χ1) is 15.1. The summed E-state index contributed by atoms with van der Waals surface area (Å²) in [5, 5.41) is 10.3. The van der Waals surface area contributed by atoms with E-state index in [9.17, 15) is 9.59 Å². The van der Waals surface area contributed by atoms with Crippen molar-refractivity contribution < 1.29 is 9.59 Å². The number of anilines is 1. The maximum absolute atomic E-state index is 12.3. The minimum Gasteiger partial charge on any atom is -0.339 e. The third kappa shape index (κ3) is 6.55. The summed E-state index contributed by atoms with van der Waals surface area (Å²) in [6.07, 6.45) is 3.78. The van der Waals surface area contributed by atoms with Crippen LogP contribution in [0.1, 0.15) is 35.6 Å². The van der Waals surface area contributed by atoms with Crippen molar-refractivity contribution in [1.29, 1.82) is 0 Å². The second kappa shape index (κ2) is 11.1. The molecule has 3 aromatic rings. The lowest BCUT2D eigenvalue weighted by molar-refractivity contribution is -0.113. The van der Waals surface area contributed by atoms with Crippen LogP contribution < -0.4 is 5.32 Å². The molecule has 0 aliphatic rings. The molecule has 160 valence electrons. The summed E-state index contributed by atoms with van der Waals surface area (Å²) in [4.78, 5) is 30.7. The minimum absolute atomic E-state index is 0.0137. The normalized spacial score (nSPS) is 10.9. The molecule has 1 heterocycles. The van der Waals surface area contributed by atoms with Gasteiger partial charge in [0.2, 0.25) is 11.1 Å². The van der Waals surface area contributed by atoms with Gasteiger partial charge in [0.05, 0.1) is 5.75 Å². The second-order valence-corrected chi connectivity index (χ2v) is 7.58. The predicted molar refractivity (Wildman–Crippen MR) is 125 cm³/mol. The minimum atomic E-state index is -0.168. The summed E-state index contributed by atoms with van der Waals surface area (Å²) in [7, 11) is 0. The van der Waals surface area contributed by atoms with Crippen LogP contribution in [-0.2, 0) is 4.79 Å². The van der Waals surface area contributed by atoms with E-state index >= 15 is 0 Å². The number of nitrogens with zero attached hydrogens (tertiary/aromatic N) is 3. The lowest BCUT2D eigenvalue weighted by Crippen LogP contribution is -2.30. The van der Waals surface area contributed by atoms with Crippen LogP contribution in [0.3, 0.4) is 0 Å². The maximum atomic E-state index is 12.3. The molecule has 0 unspecified atom stereocenters. The number of aromatic nitrogens is 3. The number of hydrogen-bond donors (Lipinski definition) is 2. The fraction of sp³-hybridized carbons (Fsp3) is 0.217. The average Bonchev–Trinajstić information content (AvgIpc) is 3.26. The Morgan fingerprint density at radius 1 is 1.03 bits per heavy atom. The van der Waals surface area contributed by atoms with E-state index in [0.717, 1.165) is 5.56 Å². The van der Waals surface area contributed by atoms with Crippen molar-refractivity contribution in [2.45, 2.75) is 19.0 Å². The number of carbonyl (C=O) groups excluding carboxylic acids is 2. The number of nitrogens with one attached hydrogen (secondary N) is 2. The number of aromatic amines is 1. The van der Waals surface area contributed by atoms with Crippen molar-refractivity contribution >= 4 is 41.4 Å². The first-order valence-electron chi connectivity index (χ1n) is 10.1. The summed E-state index contributed by atoms with van der Waals surface area (Å²) < 4.78 is 0. The topological polar surface area (TPSA) is 91.0 Å². The fourth-order valence-electron chi connectivity index (χ4n) is 2.85. The van der Waals surface area contributed by atoms with Crippen molar-refractivity contribution in [3.63, 3.8) is 0 Å². The molecule has 0 fully saturated rings. The predicted octanol–water partition coefficient (Wildman–Crippen LogP) is 4.19. The van der Waals surface area contributed by atoms with E-state index < -0.39 is 0 Å². The average molecular weight is 436 g/mol. The van der Waals surface area contributed by atoms with Gasteiger partial charge in [-0.25, -0.2) is 4.98 Å². The fourth-order valence-corrected chi connectivity index (χ4v) is 3.46. The summed E-state index contributed by atoms with van der Waals surface area (Å²) >= 11 is 1.25. The molecule has 0 radical (unpaired) electrons. The van der Waals surface area contributed by atoms with Gasteiger partial charge in [0.15, 0.2) is 0 Å². The quantitative estimate of drug-likeness (QED) is 0.492. The number of amides is 2. The SMILES string of the molecule is CCN(CC)C(=O)c1ccc(NC(=O)CSc2n[nH]c(/C=C/c3ccccc3)n2)cc1. The Balaban J connectivity index is 1.49. The van der Waals surface area contributed by atoms with Gasteiger partial charge < -0.3 is 10.2 Å². The van der Waals surface area contributed by atoms with Crippen LogP contribution in [0.2, 0.25) is 0 Å².